The molecule has 0 aliphatic heterocycles. The average Bonchev–Trinajstić information content (AvgIpc) is 2.16. The van der Waals surface area contributed by atoms with Gasteiger partial charge < -0.3 is 0 Å². The van der Waals surface area contributed by atoms with Crippen molar-refractivity contribution in [2.75, 3.05) is 0 Å². The highest BCUT2D eigenvalue weighted by Crippen LogP contribution is 2.25. The number of nitroso groups, excluding NO2 is 1. The van der Waals surface area contributed by atoms with E-state index in [1.807, 2.05) is 0 Å². The molecule has 0 saturated carbocycles. The average molecular weight is 178 g/mol. The lowest BCUT2D eigenvalue weighted by Gasteiger charge is -1.96. The summed E-state index contributed by atoms with van der Waals surface area (Å²) >= 11 is 0. The highest BCUT2D eigenvalue weighted by Gasteiger charge is 2.11. The number of rotatable bonds is 3. The largest absolute Gasteiger partial charge is 0.278 e. The van der Waals surface area contributed by atoms with Gasteiger partial charge in [-0.15, -0.1) is 4.91 Å². The maximum Gasteiger partial charge on any atom is 0.278 e. The molecule has 0 N–H and O–H groups in total. The van der Waals surface area contributed by atoms with Crippen LogP contribution in [0.5, 0.6) is 0 Å². The summed E-state index contributed by atoms with van der Waals surface area (Å²) in [6.07, 6.45) is 1.35. The van der Waals surface area contributed by atoms with E-state index in [4.69, 9.17) is 0 Å². The molecule has 0 bridgehead atoms. The lowest BCUT2D eigenvalue weighted by atomic mass is 10.1. The van der Waals surface area contributed by atoms with E-state index in [0.29, 0.717) is 5.56 Å². The van der Waals surface area contributed by atoms with Gasteiger partial charge in [-0.3, -0.25) is 10.1 Å². The Hall–Kier alpha value is -2.04. The number of hydrogen-bond acceptors (Lipinski definition) is 4. The van der Waals surface area contributed by atoms with Crippen LogP contribution in [0, 0.1) is 15.0 Å². The predicted octanol–water partition coefficient (Wildman–Crippen LogP) is 2.64. The number of hydrogen-bond donors (Lipinski definition) is 0. The van der Waals surface area contributed by atoms with Crippen LogP contribution in [0.3, 0.4) is 0 Å². The molecule has 0 radical (unpaired) electrons. The van der Waals surface area contributed by atoms with Crippen molar-refractivity contribution in [3.63, 3.8) is 0 Å². The highest BCUT2D eigenvalue weighted by molar-refractivity contribution is 5.63. The van der Waals surface area contributed by atoms with E-state index in [1.165, 1.54) is 18.2 Å². The molecule has 1 aromatic carbocycles. The molecule has 0 amide bonds. The number of nitrogens with zero attached hydrogens (tertiary/aromatic N) is 2. The Bertz CT molecular complexity index is 374. The zero-order chi connectivity index (χ0) is 9.84. The quantitative estimate of drug-likeness (QED) is 0.405. The smallest absolute Gasteiger partial charge is 0.258 e. The molecule has 5 heteroatoms. The van der Waals surface area contributed by atoms with Crippen LogP contribution in [-0.4, -0.2) is 4.92 Å². The van der Waals surface area contributed by atoms with Crippen LogP contribution < -0.4 is 0 Å². The fourth-order valence-electron chi connectivity index (χ4n) is 0.920. The van der Waals surface area contributed by atoms with Crippen LogP contribution in [0.15, 0.2) is 30.0 Å². The summed E-state index contributed by atoms with van der Waals surface area (Å²) in [4.78, 5) is 20.0. The van der Waals surface area contributed by atoms with Gasteiger partial charge in [0.2, 0.25) is 0 Å². The molecule has 0 aliphatic carbocycles. The van der Waals surface area contributed by atoms with E-state index in [-0.39, 0.29) is 11.4 Å². The Morgan fingerprint density at radius 2 is 2.23 bits per heavy atom. The molecular weight excluding hydrogens is 172 g/mol. The minimum absolute atomic E-state index is 0.0392. The summed E-state index contributed by atoms with van der Waals surface area (Å²) in [6, 6.07) is 3.95. The monoisotopic (exact) mass is 178 g/mol. The fourth-order valence-corrected chi connectivity index (χ4v) is 0.920. The molecule has 5 nitrogen and oxygen atoms in total. The van der Waals surface area contributed by atoms with Crippen molar-refractivity contribution >= 4 is 17.5 Å². The molecule has 0 heterocycles. The van der Waals surface area contributed by atoms with Gasteiger partial charge in [-0.05, 0) is 17.3 Å². The van der Waals surface area contributed by atoms with E-state index in [2.05, 4.69) is 11.8 Å². The summed E-state index contributed by atoms with van der Waals surface area (Å²) in [5.74, 6) is 0. The van der Waals surface area contributed by atoms with Gasteiger partial charge in [0, 0.05) is 6.07 Å². The minimum atomic E-state index is -0.578. The Balaban J connectivity index is 3.33. The van der Waals surface area contributed by atoms with Crippen LogP contribution in [0.25, 0.3) is 6.08 Å². The van der Waals surface area contributed by atoms with E-state index in [9.17, 15) is 15.0 Å². The summed E-state index contributed by atoms with van der Waals surface area (Å²) in [5.41, 5.74) is 0.252. The topological polar surface area (TPSA) is 72.6 Å². The molecule has 0 aliphatic rings. The van der Waals surface area contributed by atoms with Crippen LogP contribution in [0.1, 0.15) is 5.56 Å². The van der Waals surface area contributed by atoms with Crippen LogP contribution in [0.2, 0.25) is 0 Å². The van der Waals surface area contributed by atoms with E-state index in [1.54, 1.807) is 0 Å². The van der Waals surface area contributed by atoms with Gasteiger partial charge in [0.15, 0.2) is 0 Å². The van der Waals surface area contributed by atoms with Crippen LogP contribution in [0.4, 0.5) is 11.4 Å². The van der Waals surface area contributed by atoms with Crippen molar-refractivity contribution in [2.24, 2.45) is 5.18 Å². The molecule has 0 spiro atoms. The van der Waals surface area contributed by atoms with Gasteiger partial charge >= 0.3 is 0 Å². The maximum atomic E-state index is 10.5. The number of nitro groups is 1. The minimum Gasteiger partial charge on any atom is -0.258 e. The lowest BCUT2D eigenvalue weighted by molar-refractivity contribution is -0.385. The van der Waals surface area contributed by atoms with E-state index in [0.717, 1.165) is 6.07 Å². The molecule has 66 valence electrons. The van der Waals surface area contributed by atoms with Crippen LogP contribution >= 0.6 is 0 Å². The summed E-state index contributed by atoms with van der Waals surface area (Å²) in [6.45, 7) is 3.42. The first-order valence-electron chi connectivity index (χ1n) is 3.43. The second-order valence-electron chi connectivity index (χ2n) is 2.30. The first-order valence-corrected chi connectivity index (χ1v) is 3.43. The zero-order valence-electron chi connectivity index (χ0n) is 6.64. The second kappa shape index (κ2) is 3.57. The second-order valence-corrected chi connectivity index (χ2v) is 2.30. The van der Waals surface area contributed by atoms with Crippen molar-refractivity contribution in [2.45, 2.75) is 0 Å². The maximum absolute atomic E-state index is 10.5. The molecule has 0 saturated heterocycles. The van der Waals surface area contributed by atoms with Crippen molar-refractivity contribution in [3.8, 4) is 0 Å². The fraction of sp³-hybridized carbons (Fsp3) is 0. The third-order valence-corrected chi connectivity index (χ3v) is 1.54. The summed E-state index contributed by atoms with van der Waals surface area (Å²) in [7, 11) is 0. The van der Waals surface area contributed by atoms with Gasteiger partial charge in [0.1, 0.15) is 5.69 Å². The van der Waals surface area contributed by atoms with E-state index < -0.39 is 4.92 Å². The van der Waals surface area contributed by atoms with Gasteiger partial charge in [-0.1, -0.05) is 12.7 Å². The standard InChI is InChI=1S/C8H6N2O3/c1-2-6-3-4-7(9-11)5-8(6)10(12)13/h2-5H,1H2. The molecule has 0 unspecified atom stereocenters. The Kier molecular flexibility index (Phi) is 2.49. The third-order valence-electron chi connectivity index (χ3n) is 1.54. The van der Waals surface area contributed by atoms with Crippen molar-refractivity contribution in [3.05, 3.63) is 45.4 Å². The summed E-state index contributed by atoms with van der Waals surface area (Å²) in [5, 5.41) is 13.1. The van der Waals surface area contributed by atoms with E-state index >= 15 is 0 Å². The molecule has 0 aromatic heterocycles. The van der Waals surface area contributed by atoms with Gasteiger partial charge in [0.05, 0.1) is 10.5 Å². The lowest BCUT2D eigenvalue weighted by Crippen LogP contribution is -1.90. The Morgan fingerprint density at radius 3 is 2.69 bits per heavy atom. The highest BCUT2D eigenvalue weighted by atomic mass is 16.6. The normalized spacial score (nSPS) is 9.23. The molecule has 0 fully saturated rings. The molecule has 13 heavy (non-hydrogen) atoms. The first kappa shape index (κ1) is 9.05. The molecule has 1 rings (SSSR count). The van der Waals surface area contributed by atoms with Crippen molar-refractivity contribution in [1.82, 2.24) is 0 Å². The SMILES string of the molecule is C=Cc1ccc(N=O)cc1[N+](=O)[O-]. The summed E-state index contributed by atoms with van der Waals surface area (Å²) < 4.78 is 0. The molecular formula is C8H6N2O3. The first-order chi connectivity index (χ1) is 6.19. The zero-order valence-corrected chi connectivity index (χ0v) is 6.64. The molecule has 1 aromatic rings. The van der Waals surface area contributed by atoms with Gasteiger partial charge in [0.25, 0.3) is 5.69 Å². The Morgan fingerprint density at radius 1 is 1.54 bits per heavy atom. The third kappa shape index (κ3) is 1.76. The number of nitro benzene ring substituents is 1. The van der Waals surface area contributed by atoms with Gasteiger partial charge in [-0.25, -0.2) is 0 Å². The van der Waals surface area contributed by atoms with Crippen LogP contribution in [-0.2, 0) is 0 Å². The Labute approximate surface area is 73.8 Å². The van der Waals surface area contributed by atoms with Crippen molar-refractivity contribution < 1.29 is 4.92 Å². The van der Waals surface area contributed by atoms with Gasteiger partial charge in [-0.2, -0.15) is 0 Å². The molecule has 0 atom stereocenters. The van der Waals surface area contributed by atoms with Crippen molar-refractivity contribution in [1.29, 1.82) is 0 Å². The number of benzene rings is 1. The predicted molar refractivity (Wildman–Crippen MR) is 48.6 cm³/mol.